The number of nitrogens with zero attached hydrogens (tertiary/aromatic N) is 3. The van der Waals surface area contributed by atoms with Crippen molar-refractivity contribution in [1.29, 1.82) is 0 Å². The standard InChI is InChI=1S/C18H22F2N4O2/c1-12-16(13(2)23-22-12)5-6-17(25)24-11-18(19,20)8-14(24)10-26-15-4-3-7-21-9-15/h3-4,7,9,14H,5-6,8,10-11H2,1-2H3,(H,22,23)/t14-/m0/s1. The average molecular weight is 364 g/mol. The predicted octanol–water partition coefficient (Wildman–Crippen LogP) is 2.67. The van der Waals surface area contributed by atoms with Crippen molar-refractivity contribution in [2.45, 2.75) is 45.1 Å². The fraction of sp³-hybridized carbons (Fsp3) is 0.500. The first-order chi connectivity index (χ1) is 12.4. The summed E-state index contributed by atoms with van der Waals surface area (Å²) in [7, 11) is 0. The SMILES string of the molecule is Cc1n[nH]c(C)c1CCC(=O)N1CC(F)(F)C[C@H]1COc1cccnc1. The number of ether oxygens (including phenoxy) is 1. The Morgan fingerprint density at radius 2 is 2.27 bits per heavy atom. The molecule has 1 aliphatic rings. The molecule has 6 nitrogen and oxygen atoms in total. The summed E-state index contributed by atoms with van der Waals surface area (Å²) in [6, 6.07) is 2.76. The van der Waals surface area contributed by atoms with Crippen LogP contribution in [0.5, 0.6) is 5.75 Å². The van der Waals surface area contributed by atoms with Gasteiger partial charge in [-0.25, -0.2) is 8.78 Å². The highest BCUT2D eigenvalue weighted by Gasteiger charge is 2.47. The van der Waals surface area contributed by atoms with Gasteiger partial charge in [0.15, 0.2) is 0 Å². The van der Waals surface area contributed by atoms with Gasteiger partial charge in [0.2, 0.25) is 5.91 Å². The first-order valence-corrected chi connectivity index (χ1v) is 8.56. The minimum absolute atomic E-state index is 0.0246. The zero-order chi connectivity index (χ0) is 18.7. The molecule has 0 saturated carbocycles. The molecule has 1 fully saturated rings. The largest absolute Gasteiger partial charge is 0.490 e. The molecule has 2 aromatic heterocycles. The molecule has 3 heterocycles. The van der Waals surface area contributed by atoms with Gasteiger partial charge in [-0.2, -0.15) is 5.10 Å². The maximum absolute atomic E-state index is 13.9. The maximum atomic E-state index is 13.9. The summed E-state index contributed by atoms with van der Waals surface area (Å²) in [6.45, 7) is 3.21. The van der Waals surface area contributed by atoms with Gasteiger partial charge >= 0.3 is 0 Å². The monoisotopic (exact) mass is 364 g/mol. The van der Waals surface area contributed by atoms with E-state index in [0.717, 1.165) is 17.0 Å². The number of pyridine rings is 1. The minimum Gasteiger partial charge on any atom is -0.490 e. The number of hydrogen-bond acceptors (Lipinski definition) is 4. The lowest BCUT2D eigenvalue weighted by Crippen LogP contribution is -2.39. The van der Waals surface area contributed by atoms with Gasteiger partial charge in [0.05, 0.1) is 24.5 Å². The predicted molar refractivity (Wildman–Crippen MR) is 91.2 cm³/mol. The Labute approximate surface area is 150 Å². The van der Waals surface area contributed by atoms with Crippen LogP contribution in [-0.4, -0.2) is 51.1 Å². The summed E-state index contributed by atoms with van der Waals surface area (Å²) in [5, 5.41) is 6.97. The highest BCUT2D eigenvalue weighted by molar-refractivity contribution is 5.77. The van der Waals surface area contributed by atoms with Crippen LogP contribution in [0.3, 0.4) is 0 Å². The van der Waals surface area contributed by atoms with Gasteiger partial charge in [-0.3, -0.25) is 14.9 Å². The number of carbonyl (C=O) groups is 1. The summed E-state index contributed by atoms with van der Waals surface area (Å²) in [5.74, 6) is -2.68. The van der Waals surface area contributed by atoms with Crippen LogP contribution in [0, 0.1) is 13.8 Å². The number of rotatable bonds is 6. The van der Waals surface area contributed by atoms with Crippen molar-refractivity contribution in [3.8, 4) is 5.75 Å². The normalized spacial score (nSPS) is 18.9. The van der Waals surface area contributed by atoms with Gasteiger partial charge in [-0.05, 0) is 38.0 Å². The molecule has 0 spiro atoms. The van der Waals surface area contributed by atoms with Crippen molar-refractivity contribution in [3.05, 3.63) is 41.5 Å². The molecule has 0 radical (unpaired) electrons. The molecule has 3 rings (SSSR count). The van der Waals surface area contributed by atoms with Crippen LogP contribution in [0.4, 0.5) is 8.78 Å². The van der Waals surface area contributed by atoms with E-state index in [9.17, 15) is 13.6 Å². The first-order valence-electron chi connectivity index (χ1n) is 8.56. The van der Waals surface area contributed by atoms with Crippen molar-refractivity contribution in [2.24, 2.45) is 0 Å². The average Bonchev–Trinajstić information content (AvgIpc) is 3.10. The first kappa shape index (κ1) is 18.3. The summed E-state index contributed by atoms with van der Waals surface area (Å²) < 4.78 is 33.3. The number of aromatic nitrogens is 3. The van der Waals surface area contributed by atoms with Gasteiger partial charge in [0, 0.05) is 24.7 Å². The van der Waals surface area contributed by atoms with Crippen LogP contribution in [0.15, 0.2) is 24.5 Å². The van der Waals surface area contributed by atoms with E-state index in [1.54, 1.807) is 18.3 Å². The molecule has 26 heavy (non-hydrogen) atoms. The molecular formula is C18H22F2N4O2. The van der Waals surface area contributed by atoms with E-state index in [2.05, 4.69) is 15.2 Å². The van der Waals surface area contributed by atoms with Crippen LogP contribution in [0.25, 0.3) is 0 Å². The topological polar surface area (TPSA) is 71.1 Å². The highest BCUT2D eigenvalue weighted by Crippen LogP contribution is 2.33. The Kier molecular flexibility index (Phi) is 5.20. The lowest BCUT2D eigenvalue weighted by molar-refractivity contribution is -0.133. The maximum Gasteiger partial charge on any atom is 0.267 e. The molecule has 0 aromatic carbocycles. The van der Waals surface area contributed by atoms with Crippen molar-refractivity contribution in [1.82, 2.24) is 20.1 Å². The molecule has 8 heteroatoms. The summed E-state index contributed by atoms with van der Waals surface area (Å²) in [4.78, 5) is 17.7. The van der Waals surface area contributed by atoms with Gasteiger partial charge in [-0.1, -0.05) is 0 Å². The Bertz CT molecular complexity index is 744. The number of nitrogens with one attached hydrogen (secondary N) is 1. The van der Waals surface area contributed by atoms with Gasteiger partial charge in [0.1, 0.15) is 12.4 Å². The number of alkyl halides is 2. The van der Waals surface area contributed by atoms with E-state index in [1.165, 1.54) is 11.1 Å². The quantitative estimate of drug-likeness (QED) is 0.855. The third-order valence-electron chi connectivity index (χ3n) is 4.64. The third kappa shape index (κ3) is 4.17. The van der Waals surface area contributed by atoms with Gasteiger partial charge in [0.25, 0.3) is 5.92 Å². The van der Waals surface area contributed by atoms with E-state index < -0.39 is 18.5 Å². The van der Waals surface area contributed by atoms with Crippen LogP contribution >= 0.6 is 0 Å². The Hall–Kier alpha value is -2.51. The van der Waals surface area contributed by atoms with Crippen molar-refractivity contribution < 1.29 is 18.3 Å². The van der Waals surface area contributed by atoms with Crippen molar-refractivity contribution in [2.75, 3.05) is 13.2 Å². The summed E-state index contributed by atoms with van der Waals surface area (Å²) >= 11 is 0. The number of halogens is 2. The minimum atomic E-state index is -2.89. The van der Waals surface area contributed by atoms with E-state index in [1.807, 2.05) is 13.8 Å². The Morgan fingerprint density at radius 1 is 1.46 bits per heavy atom. The lowest BCUT2D eigenvalue weighted by atomic mass is 10.1. The van der Waals surface area contributed by atoms with Crippen LogP contribution in [0.1, 0.15) is 29.8 Å². The van der Waals surface area contributed by atoms with Crippen molar-refractivity contribution >= 4 is 5.91 Å². The number of likely N-dealkylation sites (tertiary alicyclic amines) is 1. The third-order valence-corrected chi connectivity index (χ3v) is 4.64. The molecule has 1 N–H and O–H groups in total. The molecule has 2 aromatic rings. The Morgan fingerprint density at radius 3 is 2.92 bits per heavy atom. The lowest BCUT2D eigenvalue weighted by Gasteiger charge is -2.24. The fourth-order valence-corrected chi connectivity index (χ4v) is 3.28. The number of amides is 1. The molecule has 1 saturated heterocycles. The zero-order valence-electron chi connectivity index (χ0n) is 14.8. The highest BCUT2D eigenvalue weighted by atomic mass is 19.3. The molecule has 140 valence electrons. The van der Waals surface area contributed by atoms with E-state index in [4.69, 9.17) is 4.74 Å². The molecule has 1 aliphatic heterocycles. The molecule has 1 amide bonds. The molecular weight excluding hydrogens is 342 g/mol. The van der Waals surface area contributed by atoms with Gasteiger partial charge in [-0.15, -0.1) is 0 Å². The number of hydrogen-bond donors (Lipinski definition) is 1. The second-order valence-electron chi connectivity index (χ2n) is 6.65. The Balaban J connectivity index is 1.62. The molecule has 0 bridgehead atoms. The number of H-pyrrole nitrogens is 1. The number of carbonyl (C=O) groups excluding carboxylic acids is 1. The van der Waals surface area contributed by atoms with Crippen molar-refractivity contribution in [3.63, 3.8) is 0 Å². The van der Waals surface area contributed by atoms with E-state index in [-0.39, 0.29) is 25.4 Å². The molecule has 1 atom stereocenters. The van der Waals surface area contributed by atoms with Crippen LogP contribution < -0.4 is 4.74 Å². The summed E-state index contributed by atoms with van der Waals surface area (Å²) in [6.07, 6.45) is 3.38. The summed E-state index contributed by atoms with van der Waals surface area (Å²) in [5.41, 5.74) is 2.70. The number of aryl methyl sites for hydroxylation is 2. The second kappa shape index (κ2) is 7.39. The van der Waals surface area contributed by atoms with E-state index >= 15 is 0 Å². The van der Waals surface area contributed by atoms with E-state index in [0.29, 0.717) is 12.2 Å². The second-order valence-corrected chi connectivity index (χ2v) is 6.65. The van der Waals surface area contributed by atoms with Crippen LogP contribution in [-0.2, 0) is 11.2 Å². The molecule has 0 unspecified atom stereocenters. The number of aromatic amines is 1. The van der Waals surface area contributed by atoms with Gasteiger partial charge < -0.3 is 9.64 Å². The fourth-order valence-electron chi connectivity index (χ4n) is 3.28. The van der Waals surface area contributed by atoms with Crippen LogP contribution in [0.2, 0.25) is 0 Å². The smallest absolute Gasteiger partial charge is 0.267 e. The zero-order valence-corrected chi connectivity index (χ0v) is 14.8. The molecule has 0 aliphatic carbocycles.